The summed E-state index contributed by atoms with van der Waals surface area (Å²) in [6.07, 6.45) is 0. The van der Waals surface area contributed by atoms with Crippen molar-refractivity contribution < 1.29 is 4.79 Å². The van der Waals surface area contributed by atoms with Crippen LogP contribution in [0, 0.1) is 0 Å². The van der Waals surface area contributed by atoms with Gasteiger partial charge in [-0.1, -0.05) is 30.3 Å². The highest BCUT2D eigenvalue weighted by atomic mass is 35.5. The van der Waals surface area contributed by atoms with Gasteiger partial charge in [0.05, 0.1) is 0 Å². The molecule has 1 fully saturated rings. The lowest BCUT2D eigenvalue weighted by Gasteiger charge is -2.38. The lowest BCUT2D eigenvalue weighted by molar-refractivity contribution is 0.0598. The molecule has 0 saturated carbocycles. The van der Waals surface area contributed by atoms with Crippen molar-refractivity contribution in [3.8, 4) is 10.6 Å². The molecule has 23 heavy (non-hydrogen) atoms. The second-order valence-electron chi connectivity index (χ2n) is 5.39. The van der Waals surface area contributed by atoms with E-state index in [-0.39, 0.29) is 36.8 Å². The van der Waals surface area contributed by atoms with Crippen LogP contribution < -0.4 is 5.32 Å². The molecule has 1 aliphatic heterocycles. The lowest BCUT2D eigenvalue weighted by atomic mass is 10.1. The van der Waals surface area contributed by atoms with Crippen LogP contribution >= 0.6 is 36.2 Å². The fourth-order valence-electron chi connectivity index (χ4n) is 2.58. The molecule has 1 N–H and O–H groups in total. The van der Waals surface area contributed by atoms with E-state index >= 15 is 0 Å². The molecule has 0 radical (unpaired) electrons. The summed E-state index contributed by atoms with van der Waals surface area (Å²) >= 11 is 1.52. The zero-order chi connectivity index (χ0) is 14.8. The molecule has 0 spiro atoms. The van der Waals surface area contributed by atoms with Crippen LogP contribution in [0.5, 0.6) is 0 Å². The maximum Gasteiger partial charge on any atom is 0.273 e. The quantitative estimate of drug-likeness (QED) is 0.876. The molecular weight excluding hydrogens is 353 g/mol. The van der Waals surface area contributed by atoms with Crippen molar-refractivity contribution >= 4 is 42.1 Å². The Labute approximate surface area is 153 Å². The number of nitrogens with one attached hydrogen (secondary N) is 1. The molecule has 1 aromatic heterocycles. The van der Waals surface area contributed by atoms with Gasteiger partial charge in [-0.05, 0) is 13.8 Å². The SMILES string of the molecule is CC1NCCN(C(=O)c2csc(-c3ccccc3)n2)C1C.Cl.Cl. The predicted molar refractivity (Wildman–Crippen MR) is 100 cm³/mol. The van der Waals surface area contributed by atoms with Gasteiger partial charge in [-0.25, -0.2) is 4.98 Å². The minimum Gasteiger partial charge on any atom is -0.332 e. The highest BCUT2D eigenvalue weighted by Crippen LogP contribution is 2.24. The largest absolute Gasteiger partial charge is 0.332 e. The van der Waals surface area contributed by atoms with E-state index in [0.717, 1.165) is 23.7 Å². The van der Waals surface area contributed by atoms with Crippen LogP contribution in [0.3, 0.4) is 0 Å². The van der Waals surface area contributed by atoms with Gasteiger partial charge in [0.15, 0.2) is 0 Å². The molecule has 3 rings (SSSR count). The first kappa shape index (κ1) is 19.9. The Kier molecular flexibility index (Phi) is 7.48. The first-order valence-electron chi connectivity index (χ1n) is 7.22. The van der Waals surface area contributed by atoms with E-state index in [0.29, 0.717) is 11.7 Å². The van der Waals surface area contributed by atoms with E-state index in [1.165, 1.54) is 11.3 Å². The first-order chi connectivity index (χ1) is 10.2. The number of rotatable bonds is 2. The van der Waals surface area contributed by atoms with Crippen LogP contribution in [0.15, 0.2) is 35.7 Å². The number of piperazine rings is 1. The van der Waals surface area contributed by atoms with E-state index in [1.54, 1.807) is 0 Å². The molecule has 0 bridgehead atoms. The Balaban J connectivity index is 0.00000132. The fourth-order valence-corrected chi connectivity index (χ4v) is 3.38. The van der Waals surface area contributed by atoms with Crippen molar-refractivity contribution in [1.82, 2.24) is 15.2 Å². The third-order valence-corrected chi connectivity index (χ3v) is 4.93. The summed E-state index contributed by atoms with van der Waals surface area (Å²) in [5.41, 5.74) is 1.61. The van der Waals surface area contributed by atoms with Crippen molar-refractivity contribution in [1.29, 1.82) is 0 Å². The average molecular weight is 374 g/mol. The van der Waals surface area contributed by atoms with E-state index in [4.69, 9.17) is 0 Å². The number of carbonyl (C=O) groups excluding carboxylic acids is 1. The molecule has 1 saturated heterocycles. The van der Waals surface area contributed by atoms with Crippen molar-refractivity contribution in [2.45, 2.75) is 25.9 Å². The topological polar surface area (TPSA) is 45.2 Å². The van der Waals surface area contributed by atoms with Gasteiger partial charge >= 0.3 is 0 Å². The molecule has 4 nitrogen and oxygen atoms in total. The maximum atomic E-state index is 12.6. The number of benzene rings is 1. The minimum atomic E-state index is 0. The van der Waals surface area contributed by atoms with Gasteiger partial charge in [0.2, 0.25) is 0 Å². The van der Waals surface area contributed by atoms with Gasteiger partial charge in [-0.3, -0.25) is 4.79 Å². The number of amides is 1. The summed E-state index contributed by atoms with van der Waals surface area (Å²) < 4.78 is 0. The number of hydrogen-bond donors (Lipinski definition) is 1. The van der Waals surface area contributed by atoms with Crippen LogP contribution in [-0.2, 0) is 0 Å². The van der Waals surface area contributed by atoms with E-state index < -0.39 is 0 Å². The predicted octanol–water partition coefficient (Wildman–Crippen LogP) is 3.48. The van der Waals surface area contributed by atoms with Crippen molar-refractivity contribution in [2.24, 2.45) is 0 Å². The third-order valence-electron chi connectivity index (χ3n) is 4.04. The molecule has 2 heterocycles. The maximum absolute atomic E-state index is 12.6. The Morgan fingerprint density at radius 2 is 1.96 bits per heavy atom. The zero-order valence-corrected chi connectivity index (χ0v) is 15.5. The summed E-state index contributed by atoms with van der Waals surface area (Å²) in [6.45, 7) is 5.77. The highest BCUT2D eigenvalue weighted by molar-refractivity contribution is 7.13. The molecule has 2 unspecified atom stereocenters. The molecule has 2 aromatic rings. The van der Waals surface area contributed by atoms with Gasteiger partial charge in [0.1, 0.15) is 10.7 Å². The Hall–Kier alpha value is -1.14. The summed E-state index contributed by atoms with van der Waals surface area (Å²) in [5, 5.41) is 6.15. The molecule has 7 heteroatoms. The Bertz CT molecular complexity index is 635. The number of aromatic nitrogens is 1. The average Bonchev–Trinajstić information content (AvgIpc) is 3.00. The molecule has 0 aliphatic carbocycles. The fraction of sp³-hybridized carbons (Fsp3) is 0.375. The molecule has 1 aromatic carbocycles. The molecular formula is C16H21Cl2N3OS. The molecule has 2 atom stereocenters. The summed E-state index contributed by atoms with van der Waals surface area (Å²) in [7, 11) is 0. The zero-order valence-electron chi connectivity index (χ0n) is 13.1. The van der Waals surface area contributed by atoms with Gasteiger partial charge in [0, 0.05) is 36.1 Å². The van der Waals surface area contributed by atoms with Gasteiger partial charge < -0.3 is 10.2 Å². The van der Waals surface area contributed by atoms with Crippen LogP contribution in [-0.4, -0.2) is 41.0 Å². The van der Waals surface area contributed by atoms with Crippen LogP contribution in [0.2, 0.25) is 0 Å². The van der Waals surface area contributed by atoms with Gasteiger partial charge in [-0.15, -0.1) is 36.2 Å². The second kappa shape index (κ2) is 8.64. The van der Waals surface area contributed by atoms with E-state index in [1.807, 2.05) is 40.6 Å². The Morgan fingerprint density at radius 1 is 1.26 bits per heavy atom. The third kappa shape index (κ3) is 4.23. The Morgan fingerprint density at radius 3 is 2.65 bits per heavy atom. The standard InChI is InChI=1S/C16H19N3OS.2ClH/c1-11-12(2)19(9-8-17-11)16(20)14-10-21-15(18-14)13-6-4-3-5-7-13;;/h3-7,10-12,17H,8-9H2,1-2H3;2*1H. The molecule has 1 aliphatic rings. The van der Waals surface area contributed by atoms with Crippen LogP contribution in [0.25, 0.3) is 10.6 Å². The van der Waals surface area contributed by atoms with Crippen LogP contribution in [0.1, 0.15) is 24.3 Å². The van der Waals surface area contributed by atoms with Crippen LogP contribution in [0.4, 0.5) is 0 Å². The van der Waals surface area contributed by atoms with Crippen molar-refractivity contribution in [2.75, 3.05) is 13.1 Å². The van der Waals surface area contributed by atoms with Crippen molar-refractivity contribution in [3.63, 3.8) is 0 Å². The van der Waals surface area contributed by atoms with Gasteiger partial charge in [0.25, 0.3) is 5.91 Å². The number of halogens is 2. The van der Waals surface area contributed by atoms with Crippen molar-refractivity contribution in [3.05, 3.63) is 41.4 Å². The summed E-state index contributed by atoms with van der Waals surface area (Å²) in [5.74, 6) is 0.0364. The monoisotopic (exact) mass is 373 g/mol. The van der Waals surface area contributed by atoms with E-state index in [9.17, 15) is 4.79 Å². The molecule has 126 valence electrons. The summed E-state index contributed by atoms with van der Waals surface area (Å²) in [6, 6.07) is 10.5. The molecule has 1 amide bonds. The smallest absolute Gasteiger partial charge is 0.273 e. The first-order valence-corrected chi connectivity index (χ1v) is 8.10. The number of thiazole rings is 1. The number of nitrogens with zero attached hydrogens (tertiary/aromatic N) is 2. The number of carbonyl (C=O) groups is 1. The minimum absolute atomic E-state index is 0. The lowest BCUT2D eigenvalue weighted by Crippen LogP contribution is -2.57. The van der Waals surface area contributed by atoms with E-state index in [2.05, 4.69) is 24.1 Å². The summed E-state index contributed by atoms with van der Waals surface area (Å²) in [4.78, 5) is 19.1. The van der Waals surface area contributed by atoms with Gasteiger partial charge in [-0.2, -0.15) is 0 Å². The highest BCUT2D eigenvalue weighted by Gasteiger charge is 2.29. The number of hydrogen-bond acceptors (Lipinski definition) is 4. The normalized spacial score (nSPS) is 20.3. The second-order valence-corrected chi connectivity index (χ2v) is 6.24.